The second-order valence-corrected chi connectivity index (χ2v) is 32.3. The van der Waals surface area contributed by atoms with Crippen LogP contribution in [0.5, 0.6) is 0 Å². The summed E-state index contributed by atoms with van der Waals surface area (Å²) in [6.45, 7) is 7.53. The molecule has 30 N–H and O–H groups in total. The summed E-state index contributed by atoms with van der Waals surface area (Å²) in [5, 5.41) is 85.8. The number of likely N-dealkylation sites (N-methyl/N-ethyl adjacent to an activating group) is 4. The van der Waals surface area contributed by atoms with Gasteiger partial charge in [0.1, 0.15) is 0 Å². The molecule has 18 aromatic rings. The van der Waals surface area contributed by atoms with Gasteiger partial charge < -0.3 is 139 Å². The molecule has 0 aliphatic carbocycles. The third-order valence-corrected chi connectivity index (χ3v) is 20.8. The van der Waals surface area contributed by atoms with E-state index in [4.69, 9.17) is 22.9 Å². The van der Waals surface area contributed by atoms with Crippen molar-refractivity contribution in [3.8, 4) is 0 Å². The predicted octanol–water partition coefficient (Wildman–Crippen LogP) is 5.83. The van der Waals surface area contributed by atoms with Gasteiger partial charge in [0.05, 0.1) is 0 Å². The SMILES string of the molecule is CN(C)c1n[nH]c(N(C)CCc2ccc[nH]2)n1.CN(C)c1n[nH]c(NCCc2ccc[nH]2)n1.CN(C)c1nnc(NCCc2ccc[nH]2)n1C.CN(CCc1ccc[nH]1)c1n[nH]c(N)n1.CN(CCc1ccc[nH]1)c1nnc(N)n1C.CNc1n[nH]c(NCCc2ccc[nH]2)n1.CNc1nc(N(C)CCc2ccc[nH]2)n[nH]1.Cn1c(N)nnc1NCCc1ccc[nH]1.Nc1nc(NCCc2ccc[nH]2)n[nH]1. The van der Waals surface area contributed by atoms with Crippen LogP contribution >= 0.6 is 0 Å². The van der Waals surface area contributed by atoms with Crippen molar-refractivity contribution in [3.63, 3.8) is 0 Å². The van der Waals surface area contributed by atoms with Crippen molar-refractivity contribution < 1.29 is 0 Å². The fourth-order valence-corrected chi connectivity index (χ4v) is 12.8. The van der Waals surface area contributed by atoms with Crippen LogP contribution in [0, 0.1) is 0 Å². The summed E-state index contributed by atoms with van der Waals surface area (Å²) >= 11 is 0. The minimum Gasteiger partial charge on any atom is -0.368 e. The number of aromatic nitrogens is 36. The van der Waals surface area contributed by atoms with E-state index in [0.29, 0.717) is 83.3 Å². The number of nitrogens with one attached hydrogen (secondary N) is 22. The Morgan fingerprint density at radius 3 is 0.965 bits per heavy atom. The van der Waals surface area contributed by atoms with Gasteiger partial charge in [-0.1, -0.05) is 0 Å². The molecule has 0 spiro atoms. The Balaban J connectivity index is 0.000000163. The molecule has 141 heavy (non-hydrogen) atoms. The van der Waals surface area contributed by atoms with Crippen LogP contribution in [-0.2, 0) is 78.9 Å². The lowest BCUT2D eigenvalue weighted by atomic mass is 10.3. The molecule has 756 valence electrons. The lowest BCUT2D eigenvalue weighted by Gasteiger charge is -2.16. The molecule has 0 aliphatic rings. The summed E-state index contributed by atoms with van der Waals surface area (Å²) in [4.78, 5) is 67.1. The third kappa shape index (κ3) is 36.4. The fourth-order valence-electron chi connectivity index (χ4n) is 12.8. The molecular formula is C87H138N54. The number of hydrogen-bond donors (Lipinski definition) is 26. The predicted molar refractivity (Wildman–Crippen MR) is 557 cm³/mol. The fraction of sp³-hybridized carbons (Fsp3) is 0.379. The van der Waals surface area contributed by atoms with E-state index in [0.717, 1.165) is 140 Å². The average Bonchev–Trinajstić information content (AvgIpc) is 1.70. The van der Waals surface area contributed by atoms with Gasteiger partial charge >= 0.3 is 0 Å². The Hall–Kier alpha value is -17.8. The van der Waals surface area contributed by atoms with Crippen molar-refractivity contribution in [1.29, 1.82) is 0 Å². The van der Waals surface area contributed by atoms with Gasteiger partial charge in [0.2, 0.25) is 107 Å². The van der Waals surface area contributed by atoms with Crippen LogP contribution in [0.1, 0.15) is 51.2 Å². The molecule has 0 atom stereocenters. The quantitative estimate of drug-likeness (QED) is 0.0214. The topological polar surface area (TPSA) is 695 Å². The maximum Gasteiger partial charge on any atom is 0.246 e. The van der Waals surface area contributed by atoms with Crippen LogP contribution in [0.4, 0.5) is 107 Å². The molecule has 0 saturated carbocycles. The lowest BCUT2D eigenvalue weighted by molar-refractivity contribution is 0.787. The number of H-pyrrole nitrogens is 15. The highest BCUT2D eigenvalue weighted by Crippen LogP contribution is 2.18. The number of anilines is 18. The summed E-state index contributed by atoms with van der Waals surface area (Å²) < 4.78 is 5.43. The van der Waals surface area contributed by atoms with E-state index in [9.17, 15) is 0 Å². The molecule has 0 aliphatic heterocycles. The molecule has 0 saturated heterocycles. The third-order valence-electron chi connectivity index (χ3n) is 20.8. The van der Waals surface area contributed by atoms with Crippen LogP contribution in [-0.4, -0.2) is 324 Å². The van der Waals surface area contributed by atoms with E-state index in [1.54, 1.807) is 16.2 Å². The Kier molecular flexibility index (Phi) is 42.2. The molecule has 0 radical (unpaired) electrons. The summed E-state index contributed by atoms with van der Waals surface area (Å²) in [5.41, 5.74) is 32.8. The van der Waals surface area contributed by atoms with E-state index in [1.807, 2.05) is 255 Å². The number of nitrogens with zero attached hydrogens (tertiary/aromatic N) is 28. The van der Waals surface area contributed by atoms with E-state index in [-0.39, 0.29) is 0 Å². The van der Waals surface area contributed by atoms with Crippen molar-refractivity contribution in [2.45, 2.75) is 57.8 Å². The molecule has 0 aromatic carbocycles. The number of aromatic amines is 15. The molecular weight excluding hydrogens is 1800 g/mol. The molecule has 0 amide bonds. The van der Waals surface area contributed by atoms with Crippen LogP contribution in [0.3, 0.4) is 0 Å². The van der Waals surface area contributed by atoms with Gasteiger partial charge in [-0.2, -0.15) is 29.9 Å². The van der Waals surface area contributed by atoms with Gasteiger partial charge in [0.25, 0.3) is 0 Å². The second kappa shape index (κ2) is 56.5. The Morgan fingerprint density at radius 2 is 0.610 bits per heavy atom. The van der Waals surface area contributed by atoms with Gasteiger partial charge in [-0.25, -0.2) is 30.6 Å². The molecule has 18 heterocycles. The first-order valence-electron chi connectivity index (χ1n) is 45.6. The van der Waals surface area contributed by atoms with Crippen molar-refractivity contribution in [3.05, 3.63) is 216 Å². The number of hydrogen-bond acceptors (Lipinski definition) is 36. The first-order chi connectivity index (χ1) is 68.3. The maximum absolute atomic E-state index is 5.63. The molecule has 54 nitrogen and oxygen atoms in total. The summed E-state index contributed by atoms with van der Waals surface area (Å²) in [5.74, 6) is 11.3. The Labute approximate surface area is 816 Å². The van der Waals surface area contributed by atoms with E-state index in [2.05, 4.69) is 251 Å². The molecule has 18 aromatic heterocycles. The zero-order valence-electron chi connectivity index (χ0n) is 82.6. The average molecular weight is 1940 g/mol. The van der Waals surface area contributed by atoms with Crippen molar-refractivity contribution in [2.24, 2.45) is 21.1 Å². The smallest absolute Gasteiger partial charge is 0.246 e. The van der Waals surface area contributed by atoms with Gasteiger partial charge in [-0.3, -0.25) is 13.7 Å². The molecule has 54 heteroatoms. The molecule has 0 bridgehead atoms. The van der Waals surface area contributed by atoms with Gasteiger partial charge in [-0.05, 0) is 109 Å². The molecule has 0 unspecified atom stereocenters. The highest BCUT2D eigenvalue weighted by atomic mass is 15.5. The largest absolute Gasteiger partial charge is 0.368 e. The zero-order chi connectivity index (χ0) is 100. The highest BCUT2D eigenvalue weighted by Gasteiger charge is 2.16. The second-order valence-electron chi connectivity index (χ2n) is 32.3. The van der Waals surface area contributed by atoms with E-state index >= 15 is 0 Å². The molecule has 0 fully saturated rings. The van der Waals surface area contributed by atoms with Crippen LogP contribution in [0.15, 0.2) is 165 Å². The first kappa shape index (κ1) is 105. The van der Waals surface area contributed by atoms with Crippen molar-refractivity contribution >= 4 is 107 Å². The molecule has 18 rings (SSSR count). The van der Waals surface area contributed by atoms with Crippen molar-refractivity contribution in [2.75, 3.05) is 238 Å². The van der Waals surface area contributed by atoms with Crippen LogP contribution in [0.2, 0.25) is 0 Å². The minimum atomic E-state index is 0.326. The Morgan fingerprint density at radius 1 is 0.277 bits per heavy atom. The highest BCUT2D eigenvalue weighted by molar-refractivity contribution is 5.42. The number of rotatable bonds is 41. The first-order valence-corrected chi connectivity index (χ1v) is 45.6. The summed E-state index contributed by atoms with van der Waals surface area (Å²) in [6, 6.07) is 36.5. The lowest BCUT2D eigenvalue weighted by Crippen LogP contribution is -2.23. The zero-order valence-corrected chi connectivity index (χ0v) is 82.6. The number of nitrogens with two attached hydrogens (primary N) is 4. The van der Waals surface area contributed by atoms with Crippen LogP contribution in [0.25, 0.3) is 0 Å². The summed E-state index contributed by atoms with van der Waals surface area (Å²) in [6.07, 6.45) is 25.7. The monoisotopic (exact) mass is 1940 g/mol. The van der Waals surface area contributed by atoms with Crippen LogP contribution < -0.4 is 94.5 Å². The van der Waals surface area contributed by atoms with Gasteiger partial charge in [0, 0.05) is 329 Å². The minimum absolute atomic E-state index is 0.326. The standard InChI is InChI=1S/2C11H18N6.3C10H16N6.3C9H14N6.C8H12N6/c1-16(2)10-13-11(15-14-10)17(3)8-6-9-5-4-7-12-9;1-16(2)11-15-14-10(17(11)3)13-8-6-9-5-4-7-12-9;1-15(7-5-8-4-3-6-12-8)10-14-13-9(11)16(10)2;1-16(2)10-13-9(14-15-10)12-7-5-8-4-3-6-11-8;1-11-9-13-10(15-14-9)16(2)7-5-8-4-3-6-12-8;1-15(9-12-8(10)13-14-9)6-4-7-3-2-5-11-7;1-15-8(10)13-14-9(15)12-6-4-7-3-2-5-11-7;1-10-8-13-9(15-14-8)12-6-4-7-3-2-5-11-7;9-7-12-8(14-13-7)11-5-3-6-2-1-4-10-6/h4-5,7,12H,6,8H2,1-3H3,(H,13,14,15);4-5,7,12H,6,8H2,1-3H3,(H,13,14);3-4,6,12H,5,7H2,1-2H3,(H2,11,13);3-4,6,11H,5,7H2,1-2H3,(H2,12,13,14,15);3-4,6,12H,5,7H2,1-2H3,(H2,11,13,14,15);2-3,5,11H,4,6H2,1H3,(H3,10,12,13,14);2-3,5,11H,4,6H2,1H3,(H2,10,13)(H,12,14);2-3,5,11H,4,6H2,1H3,(H3,10,12,13,14,15);1-2,4,10H,3,5H2,(H4,9,11,12,13,14). The normalized spacial score (nSPS) is 10.4. The van der Waals surface area contributed by atoms with Gasteiger partial charge in [-0.15, -0.1) is 61.2 Å². The van der Waals surface area contributed by atoms with E-state index in [1.165, 1.54) is 51.2 Å². The summed E-state index contributed by atoms with van der Waals surface area (Å²) in [7, 11) is 28.7. The van der Waals surface area contributed by atoms with Crippen molar-refractivity contribution in [1.82, 2.24) is 180 Å². The maximum atomic E-state index is 5.63. The van der Waals surface area contributed by atoms with E-state index < -0.39 is 0 Å². The van der Waals surface area contributed by atoms with Gasteiger partial charge in [0.15, 0.2) is 0 Å². The Bertz CT molecular complexity index is 6120. The number of nitrogen functional groups attached to an aromatic ring is 4.